The van der Waals surface area contributed by atoms with Gasteiger partial charge >= 0.3 is 11.7 Å². The van der Waals surface area contributed by atoms with Gasteiger partial charge in [0.15, 0.2) is 6.61 Å². The minimum Gasteiger partial charge on any atom is -0.451 e. The standard InChI is InChI=1S/C24H27N5O4/c1-14(2)7-8-29-15(3)9-17(16(29)4)10-18(12-25)23(31)33-13-22(30)26-19-5-6-20-21(11-19)28-24(32)27-20/h5-6,9-11,14H,7-8,13H2,1-4H3,(H,26,30)(H2,27,28,32)/b18-10-. The van der Waals surface area contributed by atoms with Gasteiger partial charge in [0, 0.05) is 23.6 Å². The first kappa shape index (κ1) is 23.6. The Labute approximate surface area is 191 Å². The summed E-state index contributed by atoms with van der Waals surface area (Å²) in [7, 11) is 0. The molecule has 0 saturated carbocycles. The van der Waals surface area contributed by atoms with E-state index in [1.54, 1.807) is 18.2 Å². The highest BCUT2D eigenvalue weighted by molar-refractivity contribution is 6.00. The lowest BCUT2D eigenvalue weighted by Crippen LogP contribution is -2.21. The lowest BCUT2D eigenvalue weighted by Gasteiger charge is -2.11. The van der Waals surface area contributed by atoms with Gasteiger partial charge in [-0.25, -0.2) is 9.59 Å². The van der Waals surface area contributed by atoms with Crippen LogP contribution in [-0.4, -0.2) is 33.0 Å². The van der Waals surface area contributed by atoms with E-state index in [0.29, 0.717) is 22.6 Å². The van der Waals surface area contributed by atoms with Crippen molar-refractivity contribution in [2.45, 2.75) is 40.7 Å². The molecule has 1 aromatic carbocycles. The number of aryl methyl sites for hydroxylation is 1. The number of aromatic nitrogens is 3. The lowest BCUT2D eigenvalue weighted by atomic mass is 10.1. The number of esters is 1. The monoisotopic (exact) mass is 449 g/mol. The van der Waals surface area contributed by atoms with Crippen LogP contribution in [-0.2, 0) is 20.9 Å². The van der Waals surface area contributed by atoms with E-state index in [-0.39, 0.29) is 11.3 Å². The number of imidazole rings is 1. The van der Waals surface area contributed by atoms with Gasteiger partial charge in [-0.3, -0.25) is 4.79 Å². The van der Waals surface area contributed by atoms with Crippen molar-refractivity contribution in [2.75, 3.05) is 11.9 Å². The first-order chi connectivity index (χ1) is 15.7. The fourth-order valence-corrected chi connectivity index (χ4v) is 3.51. The van der Waals surface area contributed by atoms with Crippen LogP contribution in [0.4, 0.5) is 5.69 Å². The predicted molar refractivity (Wildman–Crippen MR) is 125 cm³/mol. The van der Waals surface area contributed by atoms with Gasteiger partial charge in [-0.15, -0.1) is 0 Å². The molecular weight excluding hydrogens is 422 g/mol. The zero-order valence-corrected chi connectivity index (χ0v) is 19.1. The van der Waals surface area contributed by atoms with Crippen molar-refractivity contribution in [1.29, 1.82) is 5.26 Å². The van der Waals surface area contributed by atoms with Crippen LogP contribution in [0.15, 0.2) is 34.6 Å². The Morgan fingerprint density at radius 2 is 1.94 bits per heavy atom. The number of amides is 1. The van der Waals surface area contributed by atoms with Crippen molar-refractivity contribution in [3.05, 3.63) is 57.3 Å². The third-order valence-corrected chi connectivity index (χ3v) is 5.32. The zero-order valence-electron chi connectivity index (χ0n) is 19.1. The molecule has 0 spiro atoms. The third kappa shape index (κ3) is 5.80. The van der Waals surface area contributed by atoms with Crippen molar-refractivity contribution in [3.63, 3.8) is 0 Å². The Balaban J connectivity index is 1.63. The van der Waals surface area contributed by atoms with Gasteiger partial charge in [-0.2, -0.15) is 5.26 Å². The Bertz CT molecular complexity index is 1320. The van der Waals surface area contributed by atoms with Gasteiger partial charge in [0.2, 0.25) is 0 Å². The molecule has 172 valence electrons. The first-order valence-electron chi connectivity index (χ1n) is 10.7. The summed E-state index contributed by atoms with van der Waals surface area (Å²) in [5.74, 6) is -0.872. The summed E-state index contributed by atoms with van der Waals surface area (Å²) in [5, 5.41) is 12.0. The maximum atomic E-state index is 12.4. The second-order valence-corrected chi connectivity index (χ2v) is 8.29. The molecule has 2 heterocycles. The van der Waals surface area contributed by atoms with Crippen LogP contribution < -0.4 is 11.0 Å². The van der Waals surface area contributed by atoms with Gasteiger partial charge in [-0.05, 0) is 62.1 Å². The smallest absolute Gasteiger partial charge is 0.349 e. The second-order valence-electron chi connectivity index (χ2n) is 8.29. The van der Waals surface area contributed by atoms with Crippen LogP contribution in [0.1, 0.15) is 37.2 Å². The highest BCUT2D eigenvalue weighted by atomic mass is 16.5. The summed E-state index contributed by atoms with van der Waals surface area (Å²) >= 11 is 0. The number of benzene rings is 1. The Kier molecular flexibility index (Phi) is 7.18. The number of nitriles is 1. The SMILES string of the molecule is Cc1cc(/C=C(/C#N)C(=O)OCC(=O)Nc2ccc3[nH]c(=O)[nH]c3c2)c(C)n1CCC(C)C. The number of carbonyl (C=O) groups excluding carboxylic acids is 2. The number of hydrogen-bond donors (Lipinski definition) is 3. The average molecular weight is 450 g/mol. The van der Waals surface area contributed by atoms with E-state index in [1.165, 1.54) is 6.08 Å². The quantitative estimate of drug-likeness (QED) is 0.275. The summed E-state index contributed by atoms with van der Waals surface area (Å²) < 4.78 is 7.20. The highest BCUT2D eigenvalue weighted by Crippen LogP contribution is 2.20. The van der Waals surface area contributed by atoms with Crippen LogP contribution in [0.25, 0.3) is 17.1 Å². The molecule has 0 unspecified atom stereocenters. The fourth-order valence-electron chi connectivity index (χ4n) is 3.51. The molecule has 0 bridgehead atoms. The van der Waals surface area contributed by atoms with Crippen molar-refractivity contribution < 1.29 is 14.3 Å². The number of hydrogen-bond acceptors (Lipinski definition) is 5. The van der Waals surface area contributed by atoms with Crippen LogP contribution in [0, 0.1) is 31.1 Å². The maximum Gasteiger partial charge on any atom is 0.349 e. The number of aromatic amines is 2. The van der Waals surface area contributed by atoms with Crippen LogP contribution >= 0.6 is 0 Å². The topological polar surface area (TPSA) is 133 Å². The molecule has 0 atom stereocenters. The summed E-state index contributed by atoms with van der Waals surface area (Å²) in [6.07, 6.45) is 2.51. The van der Waals surface area contributed by atoms with Gasteiger partial charge in [0.25, 0.3) is 5.91 Å². The van der Waals surface area contributed by atoms with Gasteiger partial charge in [-0.1, -0.05) is 13.8 Å². The van der Waals surface area contributed by atoms with Gasteiger partial charge in [0.05, 0.1) is 11.0 Å². The second kappa shape index (κ2) is 10.0. The van der Waals surface area contributed by atoms with E-state index in [0.717, 1.165) is 29.9 Å². The zero-order chi connectivity index (χ0) is 24.1. The molecule has 2 aromatic heterocycles. The van der Waals surface area contributed by atoms with Crippen LogP contribution in [0.2, 0.25) is 0 Å². The molecule has 9 nitrogen and oxygen atoms in total. The normalized spacial score (nSPS) is 11.6. The average Bonchev–Trinajstić information content (AvgIpc) is 3.25. The summed E-state index contributed by atoms with van der Waals surface area (Å²) in [4.78, 5) is 41.1. The number of anilines is 1. The Morgan fingerprint density at radius 3 is 2.64 bits per heavy atom. The predicted octanol–water partition coefficient (Wildman–Crippen LogP) is 3.41. The molecule has 0 aliphatic carbocycles. The molecule has 0 aliphatic heterocycles. The first-order valence-corrected chi connectivity index (χ1v) is 10.7. The van der Waals surface area contributed by atoms with Crippen LogP contribution in [0.5, 0.6) is 0 Å². The number of carbonyl (C=O) groups is 2. The van der Waals surface area contributed by atoms with E-state index < -0.39 is 18.5 Å². The molecule has 3 rings (SSSR count). The Hall–Kier alpha value is -4.06. The van der Waals surface area contributed by atoms with E-state index in [2.05, 4.69) is 33.7 Å². The van der Waals surface area contributed by atoms with Gasteiger partial charge < -0.3 is 24.6 Å². The molecule has 3 aromatic rings. The van der Waals surface area contributed by atoms with E-state index in [9.17, 15) is 19.6 Å². The molecular formula is C24H27N5O4. The lowest BCUT2D eigenvalue weighted by molar-refractivity contribution is -0.142. The number of fused-ring (bicyclic) bond motifs is 1. The number of ether oxygens (including phenoxy) is 1. The number of rotatable bonds is 8. The highest BCUT2D eigenvalue weighted by Gasteiger charge is 2.16. The number of H-pyrrole nitrogens is 2. The molecule has 3 N–H and O–H groups in total. The molecule has 0 aliphatic rings. The number of nitrogens with one attached hydrogen (secondary N) is 3. The third-order valence-electron chi connectivity index (χ3n) is 5.32. The van der Waals surface area contributed by atoms with Crippen molar-refractivity contribution >= 4 is 34.7 Å². The molecule has 0 saturated heterocycles. The van der Waals surface area contributed by atoms with Crippen molar-refractivity contribution in [3.8, 4) is 6.07 Å². The summed E-state index contributed by atoms with van der Waals surface area (Å²) in [6, 6.07) is 8.63. The van der Waals surface area contributed by atoms with Gasteiger partial charge in [0.1, 0.15) is 11.6 Å². The Morgan fingerprint density at radius 1 is 1.21 bits per heavy atom. The van der Waals surface area contributed by atoms with Crippen molar-refractivity contribution in [1.82, 2.24) is 14.5 Å². The summed E-state index contributed by atoms with van der Waals surface area (Å²) in [6.45, 7) is 8.56. The minimum absolute atomic E-state index is 0.182. The van der Waals surface area contributed by atoms with E-state index in [1.807, 2.05) is 26.0 Å². The molecule has 9 heteroatoms. The van der Waals surface area contributed by atoms with E-state index >= 15 is 0 Å². The fraction of sp³-hybridized carbons (Fsp3) is 0.333. The molecule has 0 fully saturated rings. The number of nitrogens with zero attached hydrogens (tertiary/aromatic N) is 2. The van der Waals surface area contributed by atoms with Crippen molar-refractivity contribution in [2.24, 2.45) is 5.92 Å². The van der Waals surface area contributed by atoms with Crippen LogP contribution in [0.3, 0.4) is 0 Å². The molecule has 0 radical (unpaired) electrons. The maximum absolute atomic E-state index is 12.4. The molecule has 33 heavy (non-hydrogen) atoms. The minimum atomic E-state index is -0.870. The largest absolute Gasteiger partial charge is 0.451 e. The summed E-state index contributed by atoms with van der Waals surface area (Å²) in [5.41, 5.74) is 3.82. The molecule has 1 amide bonds. The van der Waals surface area contributed by atoms with E-state index in [4.69, 9.17) is 4.74 Å².